The predicted octanol–water partition coefficient (Wildman–Crippen LogP) is 3.72. The van der Waals surface area contributed by atoms with E-state index in [1.807, 2.05) is 0 Å². The van der Waals surface area contributed by atoms with Crippen LogP contribution in [0.5, 0.6) is 5.75 Å². The number of halogens is 6. The number of hydrazone groups is 1. The first-order valence-electron chi connectivity index (χ1n) is 7.21. The molecule has 1 aromatic carbocycles. The lowest BCUT2D eigenvalue weighted by Gasteiger charge is -2.23. The number of ether oxygens (including phenoxy) is 1. The Hall–Kier alpha value is -3.11. The van der Waals surface area contributed by atoms with Gasteiger partial charge in [-0.25, -0.2) is 9.82 Å². The quantitative estimate of drug-likeness (QED) is 0.464. The average molecular weight is 391 g/mol. The fourth-order valence-electron chi connectivity index (χ4n) is 1.75. The molecule has 1 aromatic heterocycles. The minimum absolute atomic E-state index is 0.304. The number of nitrogens with zero attached hydrogens (tertiary/aromatic N) is 2. The first-order chi connectivity index (χ1) is 12.6. The molecule has 0 unspecified atom stereocenters. The fourth-order valence-corrected chi connectivity index (χ4v) is 1.75. The van der Waals surface area contributed by atoms with Gasteiger partial charge in [0.15, 0.2) is 0 Å². The Morgan fingerprint density at radius 2 is 1.67 bits per heavy atom. The molecular weight excluding hydrogens is 380 g/mol. The summed E-state index contributed by atoms with van der Waals surface area (Å²) < 4.78 is 79.0. The van der Waals surface area contributed by atoms with Gasteiger partial charge < -0.3 is 4.74 Å². The molecule has 1 N–H and O–H groups in total. The second-order valence-corrected chi connectivity index (χ2v) is 5.07. The Kier molecular flexibility index (Phi) is 6.03. The van der Waals surface area contributed by atoms with Crippen LogP contribution in [-0.2, 0) is 0 Å². The number of amides is 1. The molecule has 2 aromatic rings. The number of carbonyl (C=O) groups is 1. The van der Waals surface area contributed by atoms with Crippen molar-refractivity contribution in [3.05, 3.63) is 59.9 Å². The van der Waals surface area contributed by atoms with E-state index in [0.29, 0.717) is 11.1 Å². The van der Waals surface area contributed by atoms with E-state index in [9.17, 15) is 31.1 Å². The van der Waals surface area contributed by atoms with Crippen molar-refractivity contribution in [1.29, 1.82) is 0 Å². The molecule has 0 spiro atoms. The van der Waals surface area contributed by atoms with E-state index in [1.165, 1.54) is 36.7 Å². The Morgan fingerprint density at radius 1 is 1.07 bits per heavy atom. The Bertz CT molecular complexity index is 794. The SMILES string of the molecule is O=C(N/N=C\c1ccc(OC(F)(F)[C@@H](F)C(F)(F)F)cc1)c1ccncc1. The van der Waals surface area contributed by atoms with Crippen molar-refractivity contribution in [3.8, 4) is 5.75 Å². The molecule has 2 rings (SSSR count). The maximum Gasteiger partial charge on any atom is 0.439 e. The van der Waals surface area contributed by atoms with Crippen molar-refractivity contribution >= 4 is 12.1 Å². The summed E-state index contributed by atoms with van der Waals surface area (Å²) in [6, 6.07) is 7.07. The van der Waals surface area contributed by atoms with Gasteiger partial charge in [-0.15, -0.1) is 0 Å². The van der Waals surface area contributed by atoms with Crippen LogP contribution < -0.4 is 10.2 Å². The fraction of sp³-hybridized carbons (Fsp3) is 0.188. The topological polar surface area (TPSA) is 63.6 Å². The lowest BCUT2D eigenvalue weighted by molar-refractivity contribution is -0.304. The zero-order valence-electron chi connectivity index (χ0n) is 13.3. The zero-order chi connectivity index (χ0) is 20.1. The number of pyridine rings is 1. The summed E-state index contributed by atoms with van der Waals surface area (Å²) in [5, 5.41) is 3.64. The van der Waals surface area contributed by atoms with E-state index in [-0.39, 0.29) is 0 Å². The van der Waals surface area contributed by atoms with E-state index in [0.717, 1.165) is 18.3 Å². The van der Waals surface area contributed by atoms with Crippen molar-refractivity contribution in [1.82, 2.24) is 10.4 Å². The normalized spacial score (nSPS) is 13.4. The number of rotatable bonds is 6. The van der Waals surface area contributed by atoms with E-state index in [4.69, 9.17) is 0 Å². The van der Waals surface area contributed by atoms with E-state index >= 15 is 0 Å². The standard InChI is InChI=1S/C16H11F6N3O2/c17-14(15(18,19)20)16(21,22)27-12-3-1-10(2-4-12)9-24-25-13(26)11-5-7-23-8-6-11/h1-9,14H,(H,25,26)/b24-9-/t14-/m0/s1. The summed E-state index contributed by atoms with van der Waals surface area (Å²) in [7, 11) is 0. The van der Waals surface area contributed by atoms with Gasteiger partial charge in [0, 0.05) is 18.0 Å². The van der Waals surface area contributed by atoms with Gasteiger partial charge in [0.05, 0.1) is 6.21 Å². The third kappa shape index (κ3) is 5.69. The van der Waals surface area contributed by atoms with E-state index in [1.54, 1.807) is 0 Å². The van der Waals surface area contributed by atoms with Crippen LogP contribution in [0, 0.1) is 0 Å². The van der Waals surface area contributed by atoms with Crippen LogP contribution in [0.3, 0.4) is 0 Å². The number of hydrogen-bond acceptors (Lipinski definition) is 4. The highest BCUT2D eigenvalue weighted by molar-refractivity contribution is 5.94. The van der Waals surface area contributed by atoms with E-state index < -0.39 is 30.1 Å². The second-order valence-electron chi connectivity index (χ2n) is 5.07. The van der Waals surface area contributed by atoms with Gasteiger partial charge in [-0.05, 0) is 42.0 Å². The lowest BCUT2D eigenvalue weighted by atomic mass is 10.2. The molecule has 0 aliphatic carbocycles. The highest BCUT2D eigenvalue weighted by Crippen LogP contribution is 2.36. The first-order valence-corrected chi connectivity index (χ1v) is 7.21. The summed E-state index contributed by atoms with van der Waals surface area (Å²) in [5.74, 6) is -1.20. The maximum atomic E-state index is 13.2. The number of hydrogen-bond donors (Lipinski definition) is 1. The maximum absolute atomic E-state index is 13.2. The summed E-state index contributed by atoms with van der Waals surface area (Å²) >= 11 is 0. The molecule has 11 heteroatoms. The molecule has 0 aliphatic rings. The zero-order valence-corrected chi connectivity index (χ0v) is 13.3. The molecule has 1 heterocycles. The van der Waals surface area contributed by atoms with E-state index in [2.05, 4.69) is 20.2 Å². The van der Waals surface area contributed by atoms with Crippen molar-refractivity contribution < 1.29 is 35.9 Å². The molecule has 0 fully saturated rings. The van der Waals surface area contributed by atoms with Gasteiger partial charge in [-0.3, -0.25) is 9.78 Å². The molecular formula is C16H11F6N3O2. The number of nitrogens with one attached hydrogen (secondary N) is 1. The van der Waals surface area contributed by atoms with Crippen molar-refractivity contribution in [2.45, 2.75) is 18.5 Å². The van der Waals surface area contributed by atoms with Crippen LogP contribution in [0.25, 0.3) is 0 Å². The Balaban J connectivity index is 1.96. The van der Waals surface area contributed by atoms with Crippen molar-refractivity contribution in [2.75, 3.05) is 0 Å². The Labute approximate surface area is 148 Å². The van der Waals surface area contributed by atoms with Crippen molar-refractivity contribution in [2.24, 2.45) is 5.10 Å². The summed E-state index contributed by atoms with van der Waals surface area (Å²) in [6.45, 7) is 0. The summed E-state index contributed by atoms with van der Waals surface area (Å²) in [6.07, 6.45) is -11.3. The molecule has 5 nitrogen and oxygen atoms in total. The minimum atomic E-state index is -5.76. The molecule has 1 amide bonds. The number of alkyl halides is 6. The highest BCUT2D eigenvalue weighted by Gasteiger charge is 2.59. The molecule has 0 saturated heterocycles. The van der Waals surface area contributed by atoms with Gasteiger partial charge in [-0.1, -0.05) is 0 Å². The van der Waals surface area contributed by atoms with Gasteiger partial charge >= 0.3 is 12.3 Å². The van der Waals surface area contributed by atoms with Gasteiger partial charge in [0.25, 0.3) is 12.1 Å². The van der Waals surface area contributed by atoms with Gasteiger partial charge in [-0.2, -0.15) is 27.1 Å². The second kappa shape index (κ2) is 8.06. The molecule has 0 aliphatic heterocycles. The molecule has 0 saturated carbocycles. The van der Waals surface area contributed by atoms with Gasteiger partial charge in [0.2, 0.25) is 0 Å². The van der Waals surface area contributed by atoms with Crippen molar-refractivity contribution in [3.63, 3.8) is 0 Å². The lowest BCUT2D eigenvalue weighted by Crippen LogP contribution is -2.45. The smallest absolute Gasteiger partial charge is 0.430 e. The molecule has 144 valence electrons. The van der Waals surface area contributed by atoms with Crippen LogP contribution in [0.1, 0.15) is 15.9 Å². The first kappa shape index (κ1) is 20.2. The predicted molar refractivity (Wildman–Crippen MR) is 82.3 cm³/mol. The number of aromatic nitrogens is 1. The molecule has 0 radical (unpaired) electrons. The number of benzene rings is 1. The monoisotopic (exact) mass is 391 g/mol. The van der Waals surface area contributed by atoms with Crippen LogP contribution in [0.2, 0.25) is 0 Å². The van der Waals surface area contributed by atoms with Crippen LogP contribution in [0.15, 0.2) is 53.9 Å². The van der Waals surface area contributed by atoms with Crippen LogP contribution >= 0.6 is 0 Å². The highest BCUT2D eigenvalue weighted by atomic mass is 19.4. The third-order valence-electron chi connectivity index (χ3n) is 3.04. The van der Waals surface area contributed by atoms with Gasteiger partial charge in [0.1, 0.15) is 5.75 Å². The largest absolute Gasteiger partial charge is 0.439 e. The number of carbonyl (C=O) groups excluding carboxylic acids is 1. The molecule has 27 heavy (non-hydrogen) atoms. The van der Waals surface area contributed by atoms with Crippen LogP contribution in [0.4, 0.5) is 26.3 Å². The van der Waals surface area contributed by atoms with Crippen LogP contribution in [-0.4, -0.2) is 35.6 Å². The Morgan fingerprint density at radius 3 is 2.22 bits per heavy atom. The molecule has 0 bridgehead atoms. The summed E-state index contributed by atoms with van der Waals surface area (Å²) in [5.41, 5.74) is 2.83. The molecule has 1 atom stereocenters. The average Bonchev–Trinajstić information content (AvgIpc) is 2.62. The third-order valence-corrected chi connectivity index (χ3v) is 3.04. The minimum Gasteiger partial charge on any atom is -0.430 e. The summed E-state index contributed by atoms with van der Waals surface area (Å²) in [4.78, 5) is 15.5.